The second-order valence-corrected chi connectivity index (χ2v) is 5.98. The molecule has 3 N–H and O–H groups in total. The molecule has 0 bridgehead atoms. The minimum atomic E-state index is -0.988. The third-order valence-corrected chi connectivity index (χ3v) is 4.43. The van der Waals surface area contributed by atoms with Gasteiger partial charge in [0, 0.05) is 12.0 Å². The van der Waals surface area contributed by atoms with Crippen LogP contribution in [-0.4, -0.2) is 29.3 Å². The highest BCUT2D eigenvalue weighted by molar-refractivity contribution is 6.33. The Labute approximate surface area is 123 Å². The number of hydrogen-bond acceptors (Lipinski definition) is 3. The Balaban J connectivity index is 2.04. The lowest BCUT2D eigenvalue weighted by molar-refractivity contribution is 0.0697. The first-order valence-electron chi connectivity index (χ1n) is 6.94. The molecule has 20 heavy (non-hydrogen) atoms. The van der Waals surface area contributed by atoms with Crippen LogP contribution < -0.4 is 5.32 Å². The van der Waals surface area contributed by atoms with E-state index < -0.39 is 5.97 Å². The standard InChI is InChI=1S/C15H20ClNO3/c16-12-8-11(14(19)20)4-5-13(12)17-9-15(10-18)6-2-1-3-7-15/h4-5,8,17-18H,1-3,6-7,9-10H2,(H,19,20). The van der Waals surface area contributed by atoms with Crippen molar-refractivity contribution in [3.8, 4) is 0 Å². The van der Waals surface area contributed by atoms with E-state index in [1.165, 1.54) is 18.6 Å². The number of anilines is 1. The van der Waals surface area contributed by atoms with Gasteiger partial charge in [-0.2, -0.15) is 0 Å². The Hall–Kier alpha value is -1.26. The van der Waals surface area contributed by atoms with Crippen molar-refractivity contribution in [3.63, 3.8) is 0 Å². The Kier molecular flexibility index (Phi) is 4.89. The van der Waals surface area contributed by atoms with Gasteiger partial charge in [-0.25, -0.2) is 4.79 Å². The van der Waals surface area contributed by atoms with Gasteiger partial charge in [0.2, 0.25) is 0 Å². The van der Waals surface area contributed by atoms with E-state index in [4.69, 9.17) is 16.7 Å². The molecule has 1 aliphatic carbocycles. The zero-order valence-corrected chi connectivity index (χ0v) is 12.1. The highest BCUT2D eigenvalue weighted by atomic mass is 35.5. The number of carbonyl (C=O) groups is 1. The number of aromatic carboxylic acids is 1. The van der Waals surface area contributed by atoms with Crippen LogP contribution >= 0.6 is 11.6 Å². The van der Waals surface area contributed by atoms with E-state index in [2.05, 4.69) is 5.32 Å². The van der Waals surface area contributed by atoms with Gasteiger partial charge >= 0.3 is 5.97 Å². The van der Waals surface area contributed by atoms with Gasteiger partial charge < -0.3 is 15.5 Å². The number of carboxylic acid groups (broad SMARTS) is 1. The molecule has 1 aromatic rings. The summed E-state index contributed by atoms with van der Waals surface area (Å²) in [5.74, 6) is -0.988. The first kappa shape index (κ1) is 15.1. The average Bonchev–Trinajstić information content (AvgIpc) is 2.47. The quantitative estimate of drug-likeness (QED) is 0.779. The second kappa shape index (κ2) is 6.46. The molecule has 0 radical (unpaired) electrons. The summed E-state index contributed by atoms with van der Waals surface area (Å²) < 4.78 is 0. The topological polar surface area (TPSA) is 69.6 Å². The lowest BCUT2D eigenvalue weighted by atomic mass is 9.74. The third-order valence-electron chi connectivity index (χ3n) is 4.12. The number of hydrogen-bond donors (Lipinski definition) is 3. The fourth-order valence-corrected chi connectivity index (χ4v) is 3.01. The number of aliphatic hydroxyl groups excluding tert-OH is 1. The van der Waals surface area contributed by atoms with E-state index in [0.29, 0.717) is 11.6 Å². The zero-order chi connectivity index (χ0) is 14.6. The first-order valence-corrected chi connectivity index (χ1v) is 7.32. The van der Waals surface area contributed by atoms with E-state index in [0.717, 1.165) is 31.4 Å². The number of rotatable bonds is 5. The number of carboxylic acids is 1. The average molecular weight is 298 g/mol. The smallest absolute Gasteiger partial charge is 0.335 e. The van der Waals surface area contributed by atoms with Gasteiger partial charge in [-0.15, -0.1) is 0 Å². The number of benzene rings is 1. The predicted octanol–water partition coefficient (Wildman–Crippen LogP) is 3.39. The van der Waals surface area contributed by atoms with Crippen LogP contribution in [0.5, 0.6) is 0 Å². The molecule has 1 saturated carbocycles. The normalized spacial score (nSPS) is 17.7. The Morgan fingerprint density at radius 2 is 2.00 bits per heavy atom. The maximum Gasteiger partial charge on any atom is 0.335 e. The van der Waals surface area contributed by atoms with Gasteiger partial charge in [0.05, 0.1) is 22.9 Å². The van der Waals surface area contributed by atoms with Crippen molar-refractivity contribution in [1.82, 2.24) is 0 Å². The van der Waals surface area contributed by atoms with Crippen molar-refractivity contribution < 1.29 is 15.0 Å². The largest absolute Gasteiger partial charge is 0.478 e. The summed E-state index contributed by atoms with van der Waals surface area (Å²) in [6.45, 7) is 0.834. The Morgan fingerprint density at radius 3 is 2.55 bits per heavy atom. The molecule has 1 aromatic carbocycles. The molecule has 110 valence electrons. The monoisotopic (exact) mass is 297 g/mol. The molecule has 4 nitrogen and oxygen atoms in total. The fourth-order valence-electron chi connectivity index (χ4n) is 2.77. The highest BCUT2D eigenvalue weighted by Gasteiger charge is 2.31. The molecule has 2 rings (SSSR count). The van der Waals surface area contributed by atoms with Crippen molar-refractivity contribution in [2.24, 2.45) is 5.41 Å². The molecule has 0 unspecified atom stereocenters. The van der Waals surface area contributed by atoms with E-state index in [-0.39, 0.29) is 17.6 Å². The van der Waals surface area contributed by atoms with Crippen molar-refractivity contribution in [2.75, 3.05) is 18.5 Å². The fraction of sp³-hybridized carbons (Fsp3) is 0.533. The van der Waals surface area contributed by atoms with Gasteiger partial charge in [0.15, 0.2) is 0 Å². The lowest BCUT2D eigenvalue weighted by Crippen LogP contribution is -2.35. The van der Waals surface area contributed by atoms with Gasteiger partial charge in [0.1, 0.15) is 0 Å². The predicted molar refractivity (Wildman–Crippen MR) is 79.5 cm³/mol. The van der Waals surface area contributed by atoms with Gasteiger partial charge in [0.25, 0.3) is 0 Å². The van der Waals surface area contributed by atoms with Crippen molar-refractivity contribution >= 4 is 23.3 Å². The van der Waals surface area contributed by atoms with Crippen LogP contribution in [-0.2, 0) is 0 Å². The highest BCUT2D eigenvalue weighted by Crippen LogP contribution is 2.36. The summed E-state index contributed by atoms with van der Waals surface area (Å²) in [6.07, 6.45) is 5.56. The van der Waals surface area contributed by atoms with E-state index in [1.54, 1.807) is 6.07 Å². The van der Waals surface area contributed by atoms with Crippen molar-refractivity contribution in [3.05, 3.63) is 28.8 Å². The molecule has 0 saturated heterocycles. The van der Waals surface area contributed by atoms with Crippen molar-refractivity contribution in [1.29, 1.82) is 0 Å². The Bertz CT molecular complexity index is 484. The third kappa shape index (κ3) is 3.44. The van der Waals surface area contributed by atoms with Crippen LogP contribution in [0.3, 0.4) is 0 Å². The second-order valence-electron chi connectivity index (χ2n) is 5.57. The summed E-state index contributed by atoms with van der Waals surface area (Å²) in [5.41, 5.74) is 0.817. The Morgan fingerprint density at radius 1 is 1.30 bits per heavy atom. The van der Waals surface area contributed by atoms with Gasteiger partial charge in [-0.1, -0.05) is 30.9 Å². The minimum Gasteiger partial charge on any atom is -0.478 e. The maximum absolute atomic E-state index is 10.9. The lowest BCUT2D eigenvalue weighted by Gasteiger charge is -2.36. The molecule has 0 spiro atoms. The molecule has 0 amide bonds. The number of aliphatic hydroxyl groups is 1. The summed E-state index contributed by atoms with van der Waals surface area (Å²) >= 11 is 6.09. The molecule has 0 atom stereocenters. The summed E-state index contributed by atoms with van der Waals surface area (Å²) in [6, 6.07) is 4.65. The number of nitrogens with one attached hydrogen (secondary N) is 1. The first-order chi connectivity index (χ1) is 9.56. The van der Waals surface area contributed by atoms with Crippen LogP contribution in [0.15, 0.2) is 18.2 Å². The van der Waals surface area contributed by atoms with Crippen LogP contribution in [0.25, 0.3) is 0 Å². The van der Waals surface area contributed by atoms with Crippen LogP contribution in [0.1, 0.15) is 42.5 Å². The molecular weight excluding hydrogens is 278 g/mol. The van der Waals surface area contributed by atoms with E-state index in [9.17, 15) is 9.90 Å². The molecule has 1 aliphatic rings. The molecular formula is C15H20ClNO3. The van der Waals surface area contributed by atoms with Crippen LogP contribution in [0.2, 0.25) is 5.02 Å². The van der Waals surface area contributed by atoms with Crippen molar-refractivity contribution in [2.45, 2.75) is 32.1 Å². The minimum absolute atomic E-state index is 0.0763. The zero-order valence-electron chi connectivity index (χ0n) is 11.4. The SMILES string of the molecule is O=C(O)c1ccc(NCC2(CO)CCCCC2)c(Cl)c1. The molecule has 0 aromatic heterocycles. The maximum atomic E-state index is 10.9. The summed E-state index contributed by atoms with van der Waals surface area (Å²) in [7, 11) is 0. The number of halogens is 1. The van der Waals surface area contributed by atoms with E-state index >= 15 is 0 Å². The molecule has 5 heteroatoms. The van der Waals surface area contributed by atoms with Crippen LogP contribution in [0.4, 0.5) is 5.69 Å². The van der Waals surface area contributed by atoms with E-state index in [1.807, 2.05) is 0 Å². The van der Waals surface area contributed by atoms with Gasteiger partial charge in [-0.3, -0.25) is 0 Å². The molecule has 0 heterocycles. The summed E-state index contributed by atoms with van der Waals surface area (Å²) in [4.78, 5) is 10.9. The molecule has 1 fully saturated rings. The van der Waals surface area contributed by atoms with Crippen LogP contribution in [0, 0.1) is 5.41 Å². The summed E-state index contributed by atoms with van der Waals surface area (Å²) in [5, 5.41) is 22.2. The van der Waals surface area contributed by atoms with Gasteiger partial charge in [-0.05, 0) is 31.0 Å². The molecule has 0 aliphatic heterocycles.